The first-order valence-corrected chi connectivity index (χ1v) is 10.3. The number of nitrogens with zero attached hydrogens (tertiary/aromatic N) is 4. The molecule has 3 aromatic rings. The Morgan fingerprint density at radius 3 is 2.37 bits per heavy atom. The maximum absolute atomic E-state index is 13.9. The fraction of sp³-hybridized carbons (Fsp3) is 0.348. The monoisotopic (exact) mass is 408 g/mol. The lowest BCUT2D eigenvalue weighted by Gasteiger charge is -2.34. The van der Waals surface area contributed by atoms with Crippen molar-refractivity contribution in [3.8, 4) is 0 Å². The van der Waals surface area contributed by atoms with Crippen LogP contribution in [0.2, 0.25) is 0 Å². The third kappa shape index (κ3) is 3.98. The smallest absolute Gasteiger partial charge is 0.275 e. The Hall–Kier alpha value is -3.06. The highest BCUT2D eigenvalue weighted by molar-refractivity contribution is 6.04. The highest BCUT2D eigenvalue weighted by Gasteiger charge is 2.26. The summed E-state index contributed by atoms with van der Waals surface area (Å²) in [5.41, 5.74) is 0.816. The summed E-state index contributed by atoms with van der Waals surface area (Å²) < 4.78 is 15.3. The molecule has 1 fully saturated rings. The van der Waals surface area contributed by atoms with Crippen LogP contribution in [0.25, 0.3) is 10.8 Å². The molecule has 4 rings (SSSR count). The van der Waals surface area contributed by atoms with Crippen LogP contribution in [0, 0.1) is 5.82 Å². The van der Waals surface area contributed by atoms with Crippen LogP contribution in [0.15, 0.2) is 53.3 Å². The van der Waals surface area contributed by atoms with Crippen LogP contribution in [0.1, 0.15) is 29.4 Å². The first-order chi connectivity index (χ1) is 14.6. The first-order valence-electron chi connectivity index (χ1n) is 10.3. The van der Waals surface area contributed by atoms with E-state index in [1.165, 1.54) is 10.7 Å². The molecular formula is C23H25FN4O2. The van der Waals surface area contributed by atoms with Crippen molar-refractivity contribution in [1.29, 1.82) is 0 Å². The normalized spacial score (nSPS) is 14.9. The molecule has 1 amide bonds. The van der Waals surface area contributed by atoms with E-state index < -0.39 is 0 Å². The molecule has 7 heteroatoms. The topological polar surface area (TPSA) is 58.4 Å². The van der Waals surface area contributed by atoms with Gasteiger partial charge in [-0.2, -0.15) is 5.10 Å². The van der Waals surface area contributed by atoms with Crippen LogP contribution in [0.3, 0.4) is 0 Å². The maximum Gasteiger partial charge on any atom is 0.275 e. The van der Waals surface area contributed by atoms with Crippen molar-refractivity contribution in [2.45, 2.75) is 26.4 Å². The quantitative estimate of drug-likeness (QED) is 0.651. The molecular weight excluding hydrogens is 383 g/mol. The Kier molecular flexibility index (Phi) is 5.90. The maximum atomic E-state index is 13.9. The molecule has 0 unspecified atom stereocenters. The van der Waals surface area contributed by atoms with Crippen LogP contribution < -0.4 is 5.56 Å². The molecule has 0 N–H and O–H groups in total. The van der Waals surface area contributed by atoms with E-state index in [1.807, 2.05) is 19.1 Å². The molecule has 2 heterocycles. The number of fused-ring (bicyclic) bond motifs is 1. The van der Waals surface area contributed by atoms with Crippen molar-refractivity contribution in [3.05, 3.63) is 76.0 Å². The van der Waals surface area contributed by atoms with Gasteiger partial charge in [-0.25, -0.2) is 9.07 Å². The minimum atomic E-state index is -0.204. The number of aromatic nitrogens is 2. The number of rotatable bonds is 5. The minimum absolute atomic E-state index is 0.165. The van der Waals surface area contributed by atoms with E-state index in [0.717, 1.165) is 6.42 Å². The third-order valence-electron chi connectivity index (χ3n) is 5.52. The second-order valence-electron chi connectivity index (χ2n) is 7.58. The summed E-state index contributed by atoms with van der Waals surface area (Å²) >= 11 is 0. The summed E-state index contributed by atoms with van der Waals surface area (Å²) in [6.45, 7) is 5.36. The Balaban J connectivity index is 1.53. The van der Waals surface area contributed by atoms with Gasteiger partial charge in [-0.3, -0.25) is 14.5 Å². The largest absolute Gasteiger partial charge is 0.335 e. The summed E-state index contributed by atoms with van der Waals surface area (Å²) in [6, 6.07) is 13.9. The number of benzene rings is 2. The number of amides is 1. The lowest BCUT2D eigenvalue weighted by Crippen LogP contribution is -2.48. The van der Waals surface area contributed by atoms with E-state index in [4.69, 9.17) is 0 Å². The van der Waals surface area contributed by atoms with Crippen LogP contribution in [0.5, 0.6) is 0 Å². The van der Waals surface area contributed by atoms with Gasteiger partial charge in [-0.05, 0) is 18.6 Å². The molecule has 1 aliphatic rings. The molecule has 0 radical (unpaired) electrons. The molecule has 0 saturated carbocycles. The van der Waals surface area contributed by atoms with E-state index >= 15 is 0 Å². The van der Waals surface area contributed by atoms with Gasteiger partial charge in [0.05, 0.1) is 5.39 Å². The summed E-state index contributed by atoms with van der Waals surface area (Å²) in [4.78, 5) is 29.8. The SMILES string of the molecule is CCCn1nc(C(=O)N2CCN(Cc3ccccc3F)CC2)c2ccccc2c1=O. The van der Waals surface area contributed by atoms with Gasteiger partial charge in [0, 0.05) is 50.2 Å². The Morgan fingerprint density at radius 2 is 1.67 bits per heavy atom. The zero-order valence-electron chi connectivity index (χ0n) is 17.1. The van der Waals surface area contributed by atoms with E-state index in [0.29, 0.717) is 61.3 Å². The van der Waals surface area contributed by atoms with Crippen LogP contribution >= 0.6 is 0 Å². The van der Waals surface area contributed by atoms with Gasteiger partial charge in [-0.1, -0.05) is 43.3 Å². The van der Waals surface area contributed by atoms with E-state index in [9.17, 15) is 14.0 Å². The van der Waals surface area contributed by atoms with Crippen molar-refractivity contribution in [3.63, 3.8) is 0 Å². The lowest BCUT2D eigenvalue weighted by atomic mass is 10.1. The fourth-order valence-electron chi connectivity index (χ4n) is 3.88. The Bertz CT molecular complexity index is 1120. The van der Waals surface area contributed by atoms with Crippen LogP contribution in [-0.4, -0.2) is 51.7 Å². The number of carbonyl (C=O) groups is 1. The number of hydrogen-bond donors (Lipinski definition) is 0. The third-order valence-corrected chi connectivity index (χ3v) is 5.52. The number of carbonyl (C=O) groups excluding carboxylic acids is 1. The predicted molar refractivity (Wildman–Crippen MR) is 114 cm³/mol. The lowest BCUT2D eigenvalue weighted by molar-refractivity contribution is 0.0621. The number of piperazine rings is 1. The molecule has 0 spiro atoms. The summed E-state index contributed by atoms with van der Waals surface area (Å²) in [6.07, 6.45) is 0.758. The predicted octanol–water partition coefficient (Wildman–Crippen LogP) is 2.90. The van der Waals surface area contributed by atoms with Crippen LogP contribution in [0.4, 0.5) is 4.39 Å². The molecule has 156 valence electrons. The zero-order valence-corrected chi connectivity index (χ0v) is 17.1. The molecule has 1 saturated heterocycles. The second-order valence-corrected chi connectivity index (χ2v) is 7.58. The van der Waals surface area contributed by atoms with Gasteiger partial charge in [0.2, 0.25) is 0 Å². The molecule has 30 heavy (non-hydrogen) atoms. The summed E-state index contributed by atoms with van der Waals surface area (Å²) in [5, 5.41) is 5.52. The zero-order chi connectivity index (χ0) is 21.1. The number of halogens is 1. The van der Waals surface area contributed by atoms with Crippen molar-refractivity contribution in [2.75, 3.05) is 26.2 Å². The van der Waals surface area contributed by atoms with Crippen molar-refractivity contribution in [2.24, 2.45) is 0 Å². The summed E-state index contributed by atoms with van der Waals surface area (Å²) in [5.74, 6) is -0.369. The molecule has 2 aromatic carbocycles. The second kappa shape index (κ2) is 8.75. The van der Waals surface area contributed by atoms with E-state index in [1.54, 1.807) is 35.2 Å². The van der Waals surface area contributed by atoms with Gasteiger partial charge in [0.15, 0.2) is 5.69 Å². The molecule has 6 nitrogen and oxygen atoms in total. The van der Waals surface area contributed by atoms with Crippen molar-refractivity contribution < 1.29 is 9.18 Å². The van der Waals surface area contributed by atoms with Gasteiger partial charge in [0.1, 0.15) is 5.82 Å². The molecule has 0 atom stereocenters. The molecule has 1 aromatic heterocycles. The Morgan fingerprint density at radius 1 is 1.00 bits per heavy atom. The van der Waals surface area contributed by atoms with Crippen molar-refractivity contribution in [1.82, 2.24) is 19.6 Å². The molecule has 0 bridgehead atoms. The van der Waals surface area contributed by atoms with Gasteiger partial charge < -0.3 is 4.90 Å². The van der Waals surface area contributed by atoms with Gasteiger partial charge in [0.25, 0.3) is 11.5 Å². The Labute approximate surface area is 174 Å². The average Bonchev–Trinajstić information content (AvgIpc) is 2.77. The highest BCUT2D eigenvalue weighted by atomic mass is 19.1. The highest BCUT2D eigenvalue weighted by Crippen LogP contribution is 2.18. The van der Waals surface area contributed by atoms with Gasteiger partial charge >= 0.3 is 0 Å². The summed E-state index contributed by atoms with van der Waals surface area (Å²) in [7, 11) is 0. The minimum Gasteiger partial charge on any atom is -0.335 e. The average molecular weight is 408 g/mol. The van der Waals surface area contributed by atoms with Crippen LogP contribution in [-0.2, 0) is 13.1 Å². The number of hydrogen-bond acceptors (Lipinski definition) is 4. The molecule has 0 aliphatic carbocycles. The number of aryl methyl sites for hydroxylation is 1. The fourth-order valence-corrected chi connectivity index (χ4v) is 3.88. The standard InChI is InChI=1S/C23H25FN4O2/c1-2-11-28-22(29)19-9-5-4-8-18(19)21(25-28)23(30)27-14-12-26(13-15-27)16-17-7-3-6-10-20(17)24/h3-10H,2,11-16H2,1H3. The van der Waals surface area contributed by atoms with Gasteiger partial charge in [-0.15, -0.1) is 0 Å². The molecule has 1 aliphatic heterocycles. The van der Waals surface area contributed by atoms with Crippen molar-refractivity contribution >= 4 is 16.7 Å². The van der Waals surface area contributed by atoms with E-state index in [2.05, 4.69) is 10.00 Å². The van der Waals surface area contributed by atoms with E-state index in [-0.39, 0.29) is 17.3 Å². The first kappa shape index (κ1) is 20.2.